The summed E-state index contributed by atoms with van der Waals surface area (Å²) in [5, 5.41) is 0. The average Bonchev–Trinajstić information content (AvgIpc) is 2.90. The fourth-order valence-electron chi connectivity index (χ4n) is 3.58. The number of hydrogen-bond acceptors (Lipinski definition) is 5. The van der Waals surface area contributed by atoms with Crippen molar-refractivity contribution in [3.63, 3.8) is 0 Å². The van der Waals surface area contributed by atoms with Gasteiger partial charge in [-0.1, -0.05) is 51.7 Å². The van der Waals surface area contributed by atoms with E-state index in [0.29, 0.717) is 17.9 Å². The van der Waals surface area contributed by atoms with Gasteiger partial charge in [0.1, 0.15) is 17.2 Å². The summed E-state index contributed by atoms with van der Waals surface area (Å²) in [5.41, 5.74) is 2.69. The second-order valence-corrected chi connectivity index (χ2v) is 8.65. The van der Waals surface area contributed by atoms with Crippen molar-refractivity contribution in [1.82, 2.24) is 4.98 Å². The first-order valence-electron chi connectivity index (χ1n) is 12.8. The van der Waals surface area contributed by atoms with E-state index in [-0.39, 0.29) is 5.97 Å². The molecule has 0 bridgehead atoms. The van der Waals surface area contributed by atoms with Gasteiger partial charge in [0, 0.05) is 5.69 Å². The van der Waals surface area contributed by atoms with Gasteiger partial charge >= 0.3 is 5.97 Å². The number of ether oxygens (including phenoxy) is 3. The maximum Gasteiger partial charge on any atom is 0.343 e. The molecule has 0 spiro atoms. The number of carbonyl (C=O) groups excluding carboxylic acids is 1. The van der Waals surface area contributed by atoms with Gasteiger partial charge in [0.2, 0.25) is 0 Å². The third-order valence-electron chi connectivity index (χ3n) is 5.72. The highest BCUT2D eigenvalue weighted by Crippen LogP contribution is 2.18. The molecule has 0 fully saturated rings. The second kappa shape index (κ2) is 14.8. The topological polar surface area (TPSA) is 57.7 Å². The molecule has 0 radical (unpaired) electrons. The van der Waals surface area contributed by atoms with Crippen LogP contribution in [0.1, 0.15) is 74.0 Å². The molecule has 3 rings (SSSR count). The van der Waals surface area contributed by atoms with Crippen LogP contribution in [0.5, 0.6) is 17.2 Å². The predicted octanol–water partition coefficient (Wildman–Crippen LogP) is 7.22. The lowest BCUT2D eigenvalue weighted by atomic mass is 10.1. The second-order valence-electron chi connectivity index (χ2n) is 8.65. The Morgan fingerprint density at radius 2 is 1.29 bits per heavy atom. The SMILES string of the molecule is CCCCCOc1ccc(C(=O)Oc2ccc(CCc3ccc(OCCCCC)cn3)cc2)cc1. The summed E-state index contributed by atoms with van der Waals surface area (Å²) in [5.74, 6) is 1.74. The van der Waals surface area contributed by atoms with E-state index in [9.17, 15) is 4.79 Å². The van der Waals surface area contributed by atoms with Gasteiger partial charge in [-0.05, 0) is 79.8 Å². The van der Waals surface area contributed by atoms with E-state index in [0.717, 1.165) is 67.9 Å². The average molecular weight is 476 g/mol. The maximum atomic E-state index is 12.5. The van der Waals surface area contributed by atoms with Crippen LogP contribution in [0, 0.1) is 0 Å². The van der Waals surface area contributed by atoms with Gasteiger partial charge in [0.25, 0.3) is 0 Å². The van der Waals surface area contributed by atoms with E-state index in [1.165, 1.54) is 12.8 Å². The Kier molecular flexibility index (Phi) is 11.1. The molecule has 1 heterocycles. The van der Waals surface area contributed by atoms with E-state index >= 15 is 0 Å². The van der Waals surface area contributed by atoms with E-state index in [4.69, 9.17) is 14.2 Å². The molecule has 5 nitrogen and oxygen atoms in total. The Morgan fingerprint density at radius 3 is 1.89 bits per heavy atom. The van der Waals surface area contributed by atoms with Gasteiger partial charge < -0.3 is 14.2 Å². The van der Waals surface area contributed by atoms with Crippen LogP contribution in [-0.2, 0) is 12.8 Å². The highest BCUT2D eigenvalue weighted by atomic mass is 16.5. The smallest absolute Gasteiger partial charge is 0.343 e. The van der Waals surface area contributed by atoms with Crippen LogP contribution in [0.3, 0.4) is 0 Å². The lowest BCUT2D eigenvalue weighted by molar-refractivity contribution is 0.0734. The molecule has 0 amide bonds. The molecule has 0 aliphatic rings. The largest absolute Gasteiger partial charge is 0.494 e. The Morgan fingerprint density at radius 1 is 0.686 bits per heavy atom. The first-order valence-corrected chi connectivity index (χ1v) is 12.8. The molecule has 186 valence electrons. The number of unbranched alkanes of at least 4 members (excludes halogenated alkanes) is 4. The quantitative estimate of drug-likeness (QED) is 0.132. The van der Waals surface area contributed by atoms with Gasteiger partial charge in [-0.2, -0.15) is 0 Å². The van der Waals surface area contributed by atoms with E-state index in [1.807, 2.05) is 48.5 Å². The number of aromatic nitrogens is 1. The highest BCUT2D eigenvalue weighted by molar-refractivity contribution is 5.91. The third-order valence-corrected chi connectivity index (χ3v) is 5.72. The Labute approximate surface area is 209 Å². The van der Waals surface area contributed by atoms with Crippen molar-refractivity contribution in [3.05, 3.63) is 83.7 Å². The molecule has 0 atom stereocenters. The van der Waals surface area contributed by atoms with Crippen LogP contribution >= 0.6 is 0 Å². The standard InChI is InChI=1S/C30H37NO4/c1-3-5-7-21-33-27-18-12-25(13-19-27)30(32)35-28-16-10-24(11-17-28)9-14-26-15-20-29(23-31-26)34-22-8-6-4-2/h10-13,15-20,23H,3-9,14,21-22H2,1-2H3. The van der Waals surface area contributed by atoms with E-state index < -0.39 is 0 Å². The minimum absolute atomic E-state index is 0.378. The Bertz CT molecular complexity index is 998. The van der Waals surface area contributed by atoms with Crippen LogP contribution in [0.25, 0.3) is 0 Å². The summed E-state index contributed by atoms with van der Waals surface area (Å²) in [6, 6.07) is 18.7. The summed E-state index contributed by atoms with van der Waals surface area (Å²) < 4.78 is 16.9. The number of benzene rings is 2. The van der Waals surface area contributed by atoms with Crippen molar-refractivity contribution in [2.45, 2.75) is 65.2 Å². The Balaban J connectivity index is 1.42. The van der Waals surface area contributed by atoms with Crippen molar-refractivity contribution >= 4 is 5.97 Å². The summed E-state index contributed by atoms with van der Waals surface area (Å²) in [4.78, 5) is 17.0. The number of rotatable bonds is 15. The predicted molar refractivity (Wildman–Crippen MR) is 140 cm³/mol. The molecule has 0 saturated heterocycles. The number of carbonyl (C=O) groups is 1. The van der Waals surface area contributed by atoms with Crippen LogP contribution in [0.4, 0.5) is 0 Å². The van der Waals surface area contributed by atoms with Gasteiger partial charge in [-0.25, -0.2) is 4.79 Å². The minimum atomic E-state index is -0.378. The number of hydrogen-bond donors (Lipinski definition) is 0. The Hall–Kier alpha value is -3.34. The van der Waals surface area contributed by atoms with Crippen LogP contribution in [0.15, 0.2) is 66.9 Å². The van der Waals surface area contributed by atoms with Crippen molar-refractivity contribution < 1.29 is 19.0 Å². The first-order chi connectivity index (χ1) is 17.2. The lowest BCUT2D eigenvalue weighted by Crippen LogP contribution is -2.08. The highest BCUT2D eigenvalue weighted by Gasteiger charge is 2.09. The first kappa shape index (κ1) is 26.3. The zero-order valence-electron chi connectivity index (χ0n) is 21.0. The van der Waals surface area contributed by atoms with E-state index in [1.54, 1.807) is 18.3 Å². The van der Waals surface area contributed by atoms with Crippen molar-refractivity contribution in [1.29, 1.82) is 0 Å². The molecule has 5 heteroatoms. The zero-order valence-corrected chi connectivity index (χ0v) is 21.0. The molecule has 0 saturated carbocycles. The van der Waals surface area contributed by atoms with Crippen molar-refractivity contribution in [3.8, 4) is 17.2 Å². The molecular formula is C30H37NO4. The molecule has 0 aliphatic carbocycles. The van der Waals surface area contributed by atoms with Crippen LogP contribution in [0.2, 0.25) is 0 Å². The molecule has 0 unspecified atom stereocenters. The summed E-state index contributed by atoms with van der Waals surface area (Å²) >= 11 is 0. The molecule has 3 aromatic rings. The third kappa shape index (κ3) is 9.44. The molecule has 2 aromatic carbocycles. The number of esters is 1. The van der Waals surface area contributed by atoms with E-state index in [2.05, 4.69) is 18.8 Å². The summed E-state index contributed by atoms with van der Waals surface area (Å²) in [7, 11) is 0. The number of pyridine rings is 1. The van der Waals surface area contributed by atoms with Crippen LogP contribution < -0.4 is 14.2 Å². The van der Waals surface area contributed by atoms with Crippen molar-refractivity contribution in [2.24, 2.45) is 0 Å². The fraction of sp³-hybridized carbons (Fsp3) is 0.400. The zero-order chi connectivity index (χ0) is 24.7. The van der Waals surface area contributed by atoms with Crippen LogP contribution in [-0.4, -0.2) is 24.2 Å². The summed E-state index contributed by atoms with van der Waals surface area (Å²) in [6.07, 6.45) is 10.3. The lowest BCUT2D eigenvalue weighted by Gasteiger charge is -2.08. The molecule has 35 heavy (non-hydrogen) atoms. The van der Waals surface area contributed by atoms with Gasteiger partial charge in [-0.3, -0.25) is 4.98 Å². The van der Waals surface area contributed by atoms with Gasteiger partial charge in [0.05, 0.1) is 25.0 Å². The molecular weight excluding hydrogens is 438 g/mol. The van der Waals surface area contributed by atoms with Gasteiger partial charge in [-0.15, -0.1) is 0 Å². The normalized spacial score (nSPS) is 10.7. The maximum absolute atomic E-state index is 12.5. The molecule has 0 N–H and O–H groups in total. The number of nitrogens with zero attached hydrogens (tertiary/aromatic N) is 1. The summed E-state index contributed by atoms with van der Waals surface area (Å²) in [6.45, 7) is 5.78. The molecule has 1 aromatic heterocycles. The number of aryl methyl sites for hydroxylation is 2. The monoisotopic (exact) mass is 475 g/mol. The molecule has 0 aliphatic heterocycles. The van der Waals surface area contributed by atoms with Gasteiger partial charge in [0.15, 0.2) is 0 Å². The van der Waals surface area contributed by atoms with Crippen molar-refractivity contribution in [2.75, 3.05) is 13.2 Å². The minimum Gasteiger partial charge on any atom is -0.494 e. The fourth-order valence-corrected chi connectivity index (χ4v) is 3.58.